The van der Waals surface area contributed by atoms with Crippen LogP contribution in [0, 0.1) is 6.92 Å². The molecule has 0 aromatic carbocycles. The maximum absolute atomic E-state index is 5.64. The molecule has 6 nitrogen and oxygen atoms in total. The average molecular weight is 264 g/mol. The molecule has 3 N–H and O–H groups in total. The van der Waals surface area contributed by atoms with Crippen LogP contribution in [0.1, 0.15) is 5.69 Å². The third-order valence-corrected chi connectivity index (χ3v) is 4.14. The molecule has 0 radical (unpaired) electrons. The van der Waals surface area contributed by atoms with Crippen molar-refractivity contribution in [2.45, 2.75) is 16.3 Å². The maximum atomic E-state index is 5.64. The first-order valence-corrected chi connectivity index (χ1v) is 6.48. The van der Waals surface area contributed by atoms with Crippen LogP contribution >= 0.6 is 23.1 Å². The van der Waals surface area contributed by atoms with E-state index >= 15 is 0 Å². The second-order valence-electron chi connectivity index (χ2n) is 3.38. The highest BCUT2D eigenvalue weighted by molar-refractivity contribution is 8.01. The smallest absolute Gasteiger partial charge is 0.223 e. The Hall–Kier alpha value is -1.67. The highest BCUT2D eigenvalue weighted by Crippen LogP contribution is 2.32. The molecule has 8 heteroatoms. The molecular weight excluding hydrogens is 256 g/mol. The van der Waals surface area contributed by atoms with Gasteiger partial charge in [0.05, 0.1) is 11.6 Å². The molecular formula is C9H8N6S2. The first-order valence-electron chi connectivity index (χ1n) is 4.79. The van der Waals surface area contributed by atoms with Gasteiger partial charge in [-0.2, -0.15) is 10.1 Å². The number of thiazole rings is 1. The highest BCUT2D eigenvalue weighted by atomic mass is 32.2. The second kappa shape index (κ2) is 3.97. The zero-order valence-electron chi connectivity index (χ0n) is 8.84. The quantitative estimate of drug-likeness (QED) is 0.686. The van der Waals surface area contributed by atoms with E-state index in [0.717, 1.165) is 20.4 Å². The van der Waals surface area contributed by atoms with E-state index in [0.29, 0.717) is 5.65 Å². The van der Waals surface area contributed by atoms with Crippen LogP contribution in [0.5, 0.6) is 0 Å². The number of rotatable bonds is 2. The minimum atomic E-state index is 0.234. The Bertz CT molecular complexity index is 673. The molecule has 17 heavy (non-hydrogen) atoms. The lowest BCUT2D eigenvalue weighted by Gasteiger charge is -1.99. The van der Waals surface area contributed by atoms with Crippen molar-refractivity contribution in [3.05, 3.63) is 17.3 Å². The summed E-state index contributed by atoms with van der Waals surface area (Å²) in [7, 11) is 0. The lowest BCUT2D eigenvalue weighted by atomic mass is 10.4. The topological polar surface area (TPSA) is 93.4 Å². The normalized spacial score (nSPS) is 11.1. The summed E-state index contributed by atoms with van der Waals surface area (Å²) in [5.41, 5.74) is 7.29. The van der Waals surface area contributed by atoms with Crippen LogP contribution in [0.15, 0.2) is 20.9 Å². The molecule has 3 aromatic rings. The standard InChI is InChI=1S/C9H8N6S2/c1-4-3-16-9(12-4)17-7-5-2-11-15-6(5)13-8(10)14-7/h2-3H,1H3,(H3,10,11,13,14,15). The van der Waals surface area contributed by atoms with E-state index < -0.39 is 0 Å². The van der Waals surface area contributed by atoms with E-state index in [1.165, 1.54) is 11.8 Å². The molecule has 0 fully saturated rings. The molecule has 86 valence electrons. The Morgan fingerprint density at radius 1 is 1.35 bits per heavy atom. The number of aromatic amines is 1. The number of nitrogens with two attached hydrogens (primary N) is 1. The van der Waals surface area contributed by atoms with Gasteiger partial charge in [0.1, 0.15) is 5.03 Å². The van der Waals surface area contributed by atoms with Crippen molar-refractivity contribution in [3.8, 4) is 0 Å². The predicted molar refractivity (Wildman–Crippen MR) is 67.1 cm³/mol. The molecule has 0 unspecified atom stereocenters. The second-order valence-corrected chi connectivity index (χ2v) is 5.47. The molecule has 0 saturated heterocycles. The third-order valence-electron chi connectivity index (χ3n) is 2.07. The zero-order valence-corrected chi connectivity index (χ0v) is 10.5. The van der Waals surface area contributed by atoms with Crippen LogP contribution in [-0.2, 0) is 0 Å². The van der Waals surface area contributed by atoms with Gasteiger partial charge in [-0.25, -0.2) is 9.97 Å². The first-order chi connectivity index (χ1) is 8.22. The Kier molecular flexibility index (Phi) is 2.45. The number of fused-ring (bicyclic) bond motifs is 1. The van der Waals surface area contributed by atoms with Crippen LogP contribution in [-0.4, -0.2) is 25.1 Å². The monoisotopic (exact) mass is 264 g/mol. The molecule has 0 aliphatic heterocycles. The summed E-state index contributed by atoms with van der Waals surface area (Å²) in [5, 5.41) is 10.3. The number of nitrogens with zero attached hydrogens (tertiary/aromatic N) is 4. The predicted octanol–water partition coefficient (Wildman–Crippen LogP) is 1.85. The van der Waals surface area contributed by atoms with E-state index in [-0.39, 0.29) is 5.95 Å². The van der Waals surface area contributed by atoms with Crippen molar-refractivity contribution in [2.75, 3.05) is 5.73 Å². The van der Waals surface area contributed by atoms with E-state index in [2.05, 4.69) is 25.1 Å². The molecule has 0 aliphatic rings. The average Bonchev–Trinajstić information content (AvgIpc) is 2.87. The van der Waals surface area contributed by atoms with E-state index in [1.807, 2.05) is 12.3 Å². The molecule has 0 saturated carbocycles. The summed E-state index contributed by atoms with van der Waals surface area (Å²) in [5.74, 6) is 0.234. The number of nitrogen functional groups attached to an aromatic ring is 1. The van der Waals surface area contributed by atoms with Gasteiger partial charge in [-0.05, 0) is 18.7 Å². The number of aryl methyl sites for hydroxylation is 1. The van der Waals surface area contributed by atoms with Crippen molar-refractivity contribution in [3.63, 3.8) is 0 Å². The van der Waals surface area contributed by atoms with Gasteiger partial charge >= 0.3 is 0 Å². The SMILES string of the molecule is Cc1csc(Sc2nc(N)nc3[nH]ncc23)n1. The number of anilines is 1. The van der Waals surface area contributed by atoms with E-state index in [1.54, 1.807) is 17.5 Å². The van der Waals surface area contributed by atoms with Crippen LogP contribution in [0.3, 0.4) is 0 Å². The molecule has 3 aromatic heterocycles. The van der Waals surface area contributed by atoms with Crippen molar-refractivity contribution in [1.29, 1.82) is 0 Å². The van der Waals surface area contributed by atoms with Gasteiger partial charge in [0.25, 0.3) is 0 Å². The molecule has 0 atom stereocenters. The van der Waals surface area contributed by atoms with Crippen LogP contribution in [0.25, 0.3) is 11.0 Å². The Morgan fingerprint density at radius 2 is 2.24 bits per heavy atom. The molecule has 3 rings (SSSR count). The van der Waals surface area contributed by atoms with Crippen molar-refractivity contribution < 1.29 is 0 Å². The molecule has 3 heterocycles. The summed E-state index contributed by atoms with van der Waals surface area (Å²) in [6.45, 7) is 1.96. The largest absolute Gasteiger partial charge is 0.368 e. The maximum Gasteiger partial charge on any atom is 0.223 e. The van der Waals surface area contributed by atoms with Gasteiger partial charge < -0.3 is 5.73 Å². The summed E-state index contributed by atoms with van der Waals surface area (Å²) in [6, 6.07) is 0. The molecule has 0 spiro atoms. The third kappa shape index (κ3) is 1.96. The number of H-pyrrole nitrogens is 1. The van der Waals surface area contributed by atoms with Gasteiger partial charge in [0.2, 0.25) is 5.95 Å². The lowest BCUT2D eigenvalue weighted by Crippen LogP contribution is -1.96. The first kappa shape index (κ1) is 10.5. The fraction of sp³-hybridized carbons (Fsp3) is 0.111. The minimum absolute atomic E-state index is 0.234. The van der Waals surface area contributed by atoms with Gasteiger partial charge in [-0.1, -0.05) is 0 Å². The van der Waals surface area contributed by atoms with E-state index in [9.17, 15) is 0 Å². The Morgan fingerprint density at radius 3 is 3.00 bits per heavy atom. The molecule has 0 amide bonds. The highest BCUT2D eigenvalue weighted by Gasteiger charge is 2.11. The fourth-order valence-electron chi connectivity index (χ4n) is 1.36. The number of hydrogen-bond acceptors (Lipinski definition) is 7. The van der Waals surface area contributed by atoms with Gasteiger partial charge in [-0.15, -0.1) is 11.3 Å². The lowest BCUT2D eigenvalue weighted by molar-refractivity contribution is 1.07. The van der Waals surface area contributed by atoms with Crippen LogP contribution in [0.2, 0.25) is 0 Å². The van der Waals surface area contributed by atoms with Crippen LogP contribution < -0.4 is 5.73 Å². The Balaban J connectivity index is 2.07. The number of nitrogens with one attached hydrogen (secondary N) is 1. The Labute approximate surface area is 105 Å². The summed E-state index contributed by atoms with van der Waals surface area (Å²) in [4.78, 5) is 12.7. The fourth-order valence-corrected chi connectivity index (χ4v) is 3.21. The van der Waals surface area contributed by atoms with Crippen LogP contribution in [0.4, 0.5) is 5.95 Å². The number of aromatic nitrogens is 5. The zero-order chi connectivity index (χ0) is 11.8. The van der Waals surface area contributed by atoms with Gasteiger partial charge in [-0.3, -0.25) is 5.10 Å². The summed E-state index contributed by atoms with van der Waals surface area (Å²) < 4.78 is 0.933. The van der Waals surface area contributed by atoms with Gasteiger partial charge in [0, 0.05) is 11.1 Å². The summed E-state index contributed by atoms with van der Waals surface area (Å²) in [6.07, 6.45) is 1.69. The molecule has 0 aliphatic carbocycles. The number of hydrogen-bond donors (Lipinski definition) is 2. The minimum Gasteiger partial charge on any atom is -0.368 e. The van der Waals surface area contributed by atoms with Crippen molar-refractivity contribution in [1.82, 2.24) is 25.1 Å². The van der Waals surface area contributed by atoms with E-state index in [4.69, 9.17) is 5.73 Å². The van der Waals surface area contributed by atoms with Gasteiger partial charge in [0.15, 0.2) is 9.99 Å². The summed E-state index contributed by atoms with van der Waals surface area (Å²) >= 11 is 3.05. The van der Waals surface area contributed by atoms with Crippen molar-refractivity contribution in [2.24, 2.45) is 0 Å². The van der Waals surface area contributed by atoms with Crippen molar-refractivity contribution >= 4 is 40.1 Å². The molecule has 0 bridgehead atoms.